The lowest BCUT2D eigenvalue weighted by Gasteiger charge is -2.07. The van der Waals surface area contributed by atoms with Crippen LogP contribution in [0.1, 0.15) is 11.1 Å². The summed E-state index contributed by atoms with van der Waals surface area (Å²) >= 11 is 12.8. The third-order valence-corrected chi connectivity index (χ3v) is 5.72. The number of carboxylic acids is 1. The van der Waals surface area contributed by atoms with Crippen LogP contribution in [0.15, 0.2) is 87.3 Å². The number of aromatic nitrogens is 2. The van der Waals surface area contributed by atoms with Gasteiger partial charge in [0.2, 0.25) is 5.89 Å². The largest absolute Gasteiger partial charge is 0.489 e. The maximum atomic E-state index is 11.7. The van der Waals surface area contributed by atoms with Gasteiger partial charge >= 0.3 is 5.97 Å². The predicted octanol–water partition coefficient (Wildman–Crippen LogP) is 6.84. The molecule has 6 nitrogen and oxygen atoms in total. The Kier molecular flexibility index (Phi) is 7.34. The van der Waals surface area contributed by atoms with Gasteiger partial charge in [0, 0.05) is 15.6 Å². The molecule has 0 aliphatic rings. The quantitative estimate of drug-likeness (QED) is 0.210. The molecule has 0 bridgehead atoms. The zero-order valence-corrected chi connectivity index (χ0v) is 19.3. The Morgan fingerprint density at radius 3 is 2.45 bits per heavy atom. The first-order valence-corrected chi connectivity index (χ1v) is 11.2. The first-order chi connectivity index (χ1) is 16.0. The van der Waals surface area contributed by atoms with E-state index in [4.69, 9.17) is 32.4 Å². The fraction of sp³-hybridized carbons (Fsp3) is 0.0417. The average Bonchev–Trinajstić information content (AvgIpc) is 3.27. The summed E-state index contributed by atoms with van der Waals surface area (Å²) in [6, 6.07) is 21.4. The second kappa shape index (κ2) is 10.6. The lowest BCUT2D eigenvalue weighted by atomic mass is 10.2. The molecule has 0 atom stereocenters. The number of thioether (sulfide) groups is 1. The van der Waals surface area contributed by atoms with Crippen molar-refractivity contribution < 1.29 is 19.1 Å². The molecule has 166 valence electrons. The molecule has 0 unspecified atom stereocenters. The molecule has 0 aliphatic heterocycles. The highest BCUT2D eigenvalue weighted by molar-refractivity contribution is 8.03. The van der Waals surface area contributed by atoms with E-state index < -0.39 is 5.97 Å². The van der Waals surface area contributed by atoms with Crippen LogP contribution in [-0.2, 0) is 11.4 Å². The predicted molar refractivity (Wildman–Crippen MR) is 128 cm³/mol. The fourth-order valence-electron chi connectivity index (χ4n) is 2.79. The summed E-state index contributed by atoms with van der Waals surface area (Å²) in [7, 11) is 0. The van der Waals surface area contributed by atoms with Crippen molar-refractivity contribution in [3.63, 3.8) is 0 Å². The molecule has 0 fully saturated rings. The van der Waals surface area contributed by atoms with Gasteiger partial charge in [0.05, 0.1) is 0 Å². The third kappa shape index (κ3) is 6.38. The Morgan fingerprint density at radius 2 is 1.76 bits per heavy atom. The molecule has 1 heterocycles. The summed E-state index contributed by atoms with van der Waals surface area (Å²) in [4.78, 5) is 11.8. The topological polar surface area (TPSA) is 85.5 Å². The molecule has 0 amide bonds. The normalized spacial score (nSPS) is 11.4. The highest BCUT2D eigenvalue weighted by atomic mass is 35.5. The molecule has 0 radical (unpaired) electrons. The molecule has 1 aromatic heterocycles. The van der Waals surface area contributed by atoms with E-state index in [1.807, 2.05) is 18.2 Å². The van der Waals surface area contributed by atoms with Gasteiger partial charge in [0.15, 0.2) is 0 Å². The van der Waals surface area contributed by atoms with Crippen LogP contribution in [0.25, 0.3) is 17.5 Å². The number of aliphatic carboxylic acids is 1. The van der Waals surface area contributed by atoms with Gasteiger partial charge in [0.25, 0.3) is 5.22 Å². The van der Waals surface area contributed by atoms with Gasteiger partial charge in [-0.25, -0.2) is 4.79 Å². The van der Waals surface area contributed by atoms with Crippen LogP contribution in [0.3, 0.4) is 0 Å². The van der Waals surface area contributed by atoms with E-state index >= 15 is 0 Å². The van der Waals surface area contributed by atoms with Crippen molar-refractivity contribution in [2.75, 3.05) is 0 Å². The lowest BCUT2D eigenvalue weighted by Crippen LogP contribution is -1.97. The average molecular weight is 499 g/mol. The van der Waals surface area contributed by atoms with Crippen molar-refractivity contribution in [3.05, 3.63) is 98.9 Å². The monoisotopic (exact) mass is 498 g/mol. The van der Waals surface area contributed by atoms with E-state index in [1.165, 1.54) is 6.08 Å². The van der Waals surface area contributed by atoms with E-state index in [1.54, 1.807) is 54.6 Å². The summed E-state index contributed by atoms with van der Waals surface area (Å²) in [6.07, 6.45) is 1.53. The molecule has 33 heavy (non-hydrogen) atoms. The number of ether oxygens (including phenoxy) is 1. The highest BCUT2D eigenvalue weighted by Gasteiger charge is 2.16. The van der Waals surface area contributed by atoms with Gasteiger partial charge in [-0.3, -0.25) is 0 Å². The first-order valence-electron chi connectivity index (χ1n) is 9.66. The molecule has 9 heteroatoms. The standard InChI is InChI=1S/C24H16Cl2N2O4S/c25-18-8-6-17(7-9-18)22-27-28-24(32-22)33-21(23(29)30)13-15-4-10-20(11-5-15)31-14-16-2-1-3-19(26)12-16/h1-13H,14H2,(H,29,30)/b21-13-. The summed E-state index contributed by atoms with van der Waals surface area (Å²) in [6.45, 7) is 0.374. The van der Waals surface area contributed by atoms with Crippen LogP contribution in [0, 0.1) is 0 Å². The molecular formula is C24H16Cl2N2O4S. The number of carbonyl (C=O) groups is 1. The van der Waals surface area contributed by atoms with E-state index in [0.717, 1.165) is 17.3 Å². The number of nitrogens with zero attached hydrogens (tertiary/aromatic N) is 2. The Labute approximate surface area is 203 Å². The summed E-state index contributed by atoms with van der Waals surface area (Å²) in [5.41, 5.74) is 2.33. The van der Waals surface area contributed by atoms with Gasteiger partial charge in [-0.1, -0.05) is 47.5 Å². The number of carboxylic acid groups (broad SMARTS) is 1. The van der Waals surface area contributed by atoms with Gasteiger partial charge in [-0.15, -0.1) is 10.2 Å². The van der Waals surface area contributed by atoms with Crippen molar-refractivity contribution in [1.82, 2.24) is 10.2 Å². The van der Waals surface area contributed by atoms with Gasteiger partial charge in [-0.05, 0) is 77.5 Å². The second-order valence-corrected chi connectivity index (χ2v) is 8.65. The number of hydrogen-bond donors (Lipinski definition) is 1. The van der Waals surface area contributed by atoms with Crippen molar-refractivity contribution in [3.8, 4) is 17.2 Å². The Bertz CT molecular complexity index is 1290. The minimum atomic E-state index is -1.10. The van der Waals surface area contributed by atoms with Crippen LogP contribution in [0.4, 0.5) is 0 Å². The zero-order valence-electron chi connectivity index (χ0n) is 16.9. The number of hydrogen-bond acceptors (Lipinski definition) is 6. The van der Waals surface area contributed by atoms with E-state index in [-0.39, 0.29) is 16.0 Å². The fourth-order valence-corrected chi connectivity index (χ4v) is 3.81. The SMILES string of the molecule is O=C(O)/C(=C/c1ccc(OCc2cccc(Cl)c2)cc1)Sc1nnc(-c2ccc(Cl)cc2)o1. The van der Waals surface area contributed by atoms with Crippen LogP contribution >= 0.6 is 35.0 Å². The molecule has 0 saturated carbocycles. The van der Waals surface area contributed by atoms with Gasteiger partial charge < -0.3 is 14.3 Å². The minimum Gasteiger partial charge on any atom is -0.489 e. The molecular weight excluding hydrogens is 483 g/mol. The molecule has 3 aromatic carbocycles. The van der Waals surface area contributed by atoms with E-state index in [0.29, 0.717) is 33.5 Å². The smallest absolute Gasteiger partial charge is 0.342 e. The summed E-state index contributed by atoms with van der Waals surface area (Å²) in [5.74, 6) is -0.172. The van der Waals surface area contributed by atoms with Crippen LogP contribution in [0.5, 0.6) is 5.75 Å². The molecule has 0 spiro atoms. The Balaban J connectivity index is 1.43. The second-order valence-electron chi connectivity index (χ2n) is 6.78. The van der Waals surface area contributed by atoms with Crippen molar-refractivity contribution in [2.24, 2.45) is 0 Å². The molecule has 0 aliphatic carbocycles. The summed E-state index contributed by atoms with van der Waals surface area (Å²) in [5, 5.41) is 18.9. The Hall–Kier alpha value is -3.26. The lowest BCUT2D eigenvalue weighted by molar-refractivity contribution is -0.131. The molecule has 0 saturated heterocycles. The van der Waals surface area contributed by atoms with Gasteiger partial charge in [-0.2, -0.15) is 0 Å². The minimum absolute atomic E-state index is 0.0360. The number of halogens is 2. The number of rotatable bonds is 8. The molecule has 4 rings (SSSR count). The maximum absolute atomic E-state index is 11.7. The van der Waals surface area contributed by atoms with Crippen LogP contribution < -0.4 is 4.74 Å². The van der Waals surface area contributed by atoms with Crippen molar-refractivity contribution in [1.29, 1.82) is 0 Å². The van der Waals surface area contributed by atoms with E-state index in [2.05, 4.69) is 10.2 Å². The third-order valence-electron chi connectivity index (χ3n) is 4.38. The zero-order chi connectivity index (χ0) is 23.2. The van der Waals surface area contributed by atoms with Crippen LogP contribution in [-0.4, -0.2) is 21.3 Å². The van der Waals surface area contributed by atoms with E-state index in [9.17, 15) is 9.90 Å². The highest BCUT2D eigenvalue weighted by Crippen LogP contribution is 2.30. The van der Waals surface area contributed by atoms with Gasteiger partial charge in [0.1, 0.15) is 17.3 Å². The van der Waals surface area contributed by atoms with Crippen molar-refractivity contribution >= 4 is 47.0 Å². The number of benzene rings is 3. The first kappa shape index (κ1) is 22.9. The molecule has 4 aromatic rings. The summed E-state index contributed by atoms with van der Waals surface area (Å²) < 4.78 is 11.4. The van der Waals surface area contributed by atoms with Crippen molar-refractivity contribution in [2.45, 2.75) is 11.8 Å². The maximum Gasteiger partial charge on any atom is 0.342 e. The Morgan fingerprint density at radius 1 is 1.00 bits per heavy atom. The molecule has 1 N–H and O–H groups in total. The van der Waals surface area contributed by atoms with Crippen LogP contribution in [0.2, 0.25) is 10.0 Å².